The smallest absolute Gasteiger partial charge is 0.227 e. The average Bonchev–Trinajstić information content (AvgIpc) is 3.15. The second-order valence-electron chi connectivity index (χ2n) is 7.88. The standard InChI is InChI=1S/C21H31N7O2/c1-12(2)15(10-29)25-21-26-19(18-20(27-21)28(11-24-18)13(3)4)23-9-14-7-6-8-16(30-5)17(14)22/h6-8,11-13,15,29H,9-10,22H2,1-5H3,(H2,23,25,26,27). The normalized spacial score (nSPS) is 12.5. The first-order valence-corrected chi connectivity index (χ1v) is 10.1. The molecule has 3 aromatic rings. The van der Waals surface area contributed by atoms with Crippen LogP contribution in [0.5, 0.6) is 5.75 Å². The molecule has 1 unspecified atom stereocenters. The Bertz CT molecular complexity index is 1000. The Labute approximate surface area is 176 Å². The van der Waals surface area contributed by atoms with Crippen molar-refractivity contribution in [3.05, 3.63) is 30.1 Å². The molecule has 9 heteroatoms. The molecule has 0 bridgehead atoms. The lowest BCUT2D eigenvalue weighted by Gasteiger charge is -2.20. The zero-order valence-corrected chi connectivity index (χ0v) is 18.2. The molecule has 0 aliphatic rings. The fraction of sp³-hybridized carbons (Fsp3) is 0.476. The van der Waals surface area contributed by atoms with Crippen molar-refractivity contribution in [1.29, 1.82) is 0 Å². The van der Waals surface area contributed by atoms with Gasteiger partial charge < -0.3 is 30.8 Å². The summed E-state index contributed by atoms with van der Waals surface area (Å²) >= 11 is 0. The van der Waals surface area contributed by atoms with Gasteiger partial charge in [-0.1, -0.05) is 26.0 Å². The molecule has 2 aromatic heterocycles. The highest BCUT2D eigenvalue weighted by atomic mass is 16.5. The van der Waals surface area contributed by atoms with Gasteiger partial charge in [0.05, 0.1) is 31.8 Å². The molecule has 0 radical (unpaired) electrons. The largest absolute Gasteiger partial charge is 0.495 e. The number of nitrogens with zero attached hydrogens (tertiary/aromatic N) is 4. The molecule has 0 spiro atoms. The van der Waals surface area contributed by atoms with Gasteiger partial charge in [0, 0.05) is 12.6 Å². The quantitative estimate of drug-likeness (QED) is 0.395. The minimum Gasteiger partial charge on any atom is -0.495 e. The van der Waals surface area contributed by atoms with E-state index in [9.17, 15) is 5.11 Å². The fourth-order valence-electron chi connectivity index (χ4n) is 3.17. The zero-order valence-electron chi connectivity index (χ0n) is 18.2. The van der Waals surface area contributed by atoms with Gasteiger partial charge in [0.2, 0.25) is 5.95 Å². The van der Waals surface area contributed by atoms with Crippen molar-refractivity contribution in [3.8, 4) is 5.75 Å². The van der Waals surface area contributed by atoms with Gasteiger partial charge in [-0.2, -0.15) is 9.97 Å². The number of aromatic nitrogens is 4. The van der Waals surface area contributed by atoms with Crippen LogP contribution in [0.1, 0.15) is 39.3 Å². The highest BCUT2D eigenvalue weighted by molar-refractivity contribution is 5.84. The maximum atomic E-state index is 9.70. The van der Waals surface area contributed by atoms with Gasteiger partial charge in [-0.05, 0) is 31.4 Å². The topological polar surface area (TPSA) is 123 Å². The molecule has 30 heavy (non-hydrogen) atoms. The van der Waals surface area contributed by atoms with Crippen LogP contribution in [0, 0.1) is 5.92 Å². The molecule has 1 aromatic carbocycles. The predicted molar refractivity (Wildman–Crippen MR) is 120 cm³/mol. The van der Waals surface area contributed by atoms with Gasteiger partial charge in [0.25, 0.3) is 0 Å². The van der Waals surface area contributed by atoms with Crippen LogP contribution in [0.3, 0.4) is 0 Å². The first-order valence-electron chi connectivity index (χ1n) is 10.1. The Morgan fingerprint density at radius 2 is 1.97 bits per heavy atom. The Hall–Kier alpha value is -3.07. The summed E-state index contributed by atoms with van der Waals surface area (Å²) in [5.41, 5.74) is 9.10. The minimum absolute atomic E-state index is 0.00832. The van der Waals surface area contributed by atoms with Crippen molar-refractivity contribution < 1.29 is 9.84 Å². The lowest BCUT2D eigenvalue weighted by atomic mass is 10.1. The molecule has 1 atom stereocenters. The van der Waals surface area contributed by atoms with E-state index in [4.69, 9.17) is 10.5 Å². The minimum atomic E-state index is -0.153. The Morgan fingerprint density at radius 1 is 1.20 bits per heavy atom. The lowest BCUT2D eigenvalue weighted by Crippen LogP contribution is -2.30. The third-order valence-corrected chi connectivity index (χ3v) is 5.12. The summed E-state index contributed by atoms with van der Waals surface area (Å²) in [5, 5.41) is 16.3. The molecule has 0 aliphatic carbocycles. The van der Waals surface area contributed by atoms with Crippen LogP contribution in [0.15, 0.2) is 24.5 Å². The molecule has 0 fully saturated rings. The molecule has 0 aliphatic heterocycles. The Kier molecular flexibility index (Phi) is 6.61. The monoisotopic (exact) mass is 413 g/mol. The Balaban J connectivity index is 1.98. The van der Waals surface area contributed by atoms with Gasteiger partial charge >= 0.3 is 0 Å². The van der Waals surface area contributed by atoms with Crippen molar-refractivity contribution in [1.82, 2.24) is 19.5 Å². The molecule has 9 nitrogen and oxygen atoms in total. The van der Waals surface area contributed by atoms with Crippen molar-refractivity contribution >= 4 is 28.6 Å². The number of aliphatic hydroxyl groups excluding tert-OH is 1. The number of aliphatic hydroxyl groups is 1. The third kappa shape index (κ3) is 4.40. The van der Waals surface area contributed by atoms with Gasteiger partial charge in [-0.25, -0.2) is 4.98 Å². The summed E-state index contributed by atoms with van der Waals surface area (Å²) in [4.78, 5) is 13.8. The SMILES string of the molecule is COc1cccc(CNc2nc(NC(CO)C(C)C)nc3c2ncn3C(C)C)c1N. The van der Waals surface area contributed by atoms with Crippen LogP contribution in [0.4, 0.5) is 17.5 Å². The van der Waals surface area contributed by atoms with Crippen molar-refractivity contribution in [2.45, 2.75) is 46.3 Å². The van der Waals surface area contributed by atoms with Crippen LogP contribution in [0.2, 0.25) is 0 Å². The number of methoxy groups -OCH3 is 1. The number of rotatable bonds is 9. The lowest BCUT2D eigenvalue weighted by molar-refractivity contribution is 0.248. The molecular weight excluding hydrogens is 382 g/mol. The van der Waals surface area contributed by atoms with E-state index in [1.165, 1.54) is 0 Å². The van der Waals surface area contributed by atoms with E-state index in [-0.39, 0.29) is 24.6 Å². The molecule has 0 amide bonds. The van der Waals surface area contributed by atoms with Crippen LogP contribution in [0.25, 0.3) is 11.2 Å². The summed E-state index contributed by atoms with van der Waals surface area (Å²) < 4.78 is 7.30. The molecule has 162 valence electrons. The van der Waals surface area contributed by atoms with Crippen molar-refractivity contribution in [3.63, 3.8) is 0 Å². The highest BCUT2D eigenvalue weighted by Crippen LogP contribution is 2.28. The Morgan fingerprint density at radius 3 is 2.60 bits per heavy atom. The van der Waals surface area contributed by atoms with E-state index in [1.807, 2.05) is 36.6 Å². The average molecular weight is 414 g/mol. The zero-order chi connectivity index (χ0) is 21.8. The molecule has 0 saturated carbocycles. The summed E-state index contributed by atoms with van der Waals surface area (Å²) in [6.07, 6.45) is 1.77. The number of nitrogens with two attached hydrogens (primary N) is 1. The highest BCUT2D eigenvalue weighted by Gasteiger charge is 2.18. The first-order chi connectivity index (χ1) is 14.3. The number of para-hydroxylation sites is 1. The number of fused-ring (bicyclic) bond motifs is 1. The van der Waals surface area contributed by atoms with E-state index in [1.54, 1.807) is 13.4 Å². The number of anilines is 3. The predicted octanol–water partition coefficient (Wildman–Crippen LogP) is 3.04. The first kappa shape index (κ1) is 21.6. The second-order valence-corrected chi connectivity index (χ2v) is 7.88. The van der Waals surface area contributed by atoms with Gasteiger partial charge in [-0.3, -0.25) is 0 Å². The molecule has 2 heterocycles. The summed E-state index contributed by atoms with van der Waals surface area (Å²) in [6, 6.07) is 5.71. The number of ether oxygens (including phenoxy) is 1. The van der Waals surface area contributed by atoms with Gasteiger partial charge in [0.15, 0.2) is 17.0 Å². The van der Waals surface area contributed by atoms with Crippen molar-refractivity contribution in [2.75, 3.05) is 30.1 Å². The van der Waals surface area contributed by atoms with E-state index in [0.717, 1.165) is 11.2 Å². The number of benzene rings is 1. The van der Waals surface area contributed by atoms with Gasteiger partial charge in [0.1, 0.15) is 5.75 Å². The van der Waals surface area contributed by atoms with Gasteiger partial charge in [-0.15, -0.1) is 0 Å². The van der Waals surface area contributed by atoms with Crippen LogP contribution < -0.4 is 21.1 Å². The van der Waals surface area contributed by atoms with E-state index in [2.05, 4.69) is 39.4 Å². The molecule has 5 N–H and O–H groups in total. The van der Waals surface area contributed by atoms with E-state index in [0.29, 0.717) is 35.3 Å². The molecular formula is C21H31N7O2. The maximum Gasteiger partial charge on any atom is 0.227 e. The van der Waals surface area contributed by atoms with Crippen molar-refractivity contribution in [2.24, 2.45) is 5.92 Å². The van der Waals surface area contributed by atoms with E-state index >= 15 is 0 Å². The number of hydrogen-bond donors (Lipinski definition) is 4. The van der Waals surface area contributed by atoms with Crippen LogP contribution in [-0.2, 0) is 6.54 Å². The molecule has 3 rings (SSSR count). The summed E-state index contributed by atoms with van der Waals surface area (Å²) in [6.45, 7) is 8.67. The van der Waals surface area contributed by atoms with Crippen LogP contribution >= 0.6 is 0 Å². The number of hydrogen-bond acceptors (Lipinski definition) is 8. The van der Waals surface area contributed by atoms with E-state index < -0.39 is 0 Å². The number of imidazole rings is 1. The summed E-state index contributed by atoms with van der Waals surface area (Å²) in [5.74, 6) is 1.90. The second kappa shape index (κ2) is 9.17. The fourth-order valence-corrected chi connectivity index (χ4v) is 3.17. The number of nitrogens with one attached hydrogen (secondary N) is 2. The molecule has 0 saturated heterocycles. The maximum absolute atomic E-state index is 9.70. The summed E-state index contributed by atoms with van der Waals surface area (Å²) in [7, 11) is 1.60. The van der Waals surface area contributed by atoms with Crippen LogP contribution in [-0.4, -0.2) is 44.4 Å². The third-order valence-electron chi connectivity index (χ3n) is 5.12. The number of nitrogen functional groups attached to an aromatic ring is 1.